The predicted molar refractivity (Wildman–Crippen MR) is 85.9 cm³/mol. The Morgan fingerprint density at radius 2 is 1.38 bits per heavy atom. The zero-order valence-electron chi connectivity index (χ0n) is 13.8. The van der Waals surface area contributed by atoms with Crippen molar-refractivity contribution in [3.8, 4) is 11.6 Å². The van der Waals surface area contributed by atoms with Gasteiger partial charge in [-0.3, -0.25) is 0 Å². The minimum Gasteiger partial charge on any atom is -0.437 e. The maximum Gasteiger partial charge on any atom is 0.238 e. The molecule has 2 rings (SSSR count). The molecule has 0 aliphatic rings. The average Bonchev–Trinajstić information content (AvgIpc) is 2.37. The van der Waals surface area contributed by atoms with E-state index in [4.69, 9.17) is 4.74 Å². The van der Waals surface area contributed by atoms with Gasteiger partial charge >= 0.3 is 0 Å². The summed E-state index contributed by atoms with van der Waals surface area (Å²) in [5, 5.41) is 7.94. The lowest BCUT2D eigenvalue weighted by Crippen LogP contribution is -2.18. The molecule has 112 valence electrons. The Hall–Kier alpha value is -1.90. The second-order valence-corrected chi connectivity index (χ2v) is 7.35. The highest BCUT2D eigenvalue weighted by molar-refractivity contribution is 5.49. The molecule has 3 heteroatoms. The van der Waals surface area contributed by atoms with Crippen LogP contribution in [0, 0.1) is 0 Å². The topological polar surface area (TPSA) is 35.0 Å². The first kappa shape index (κ1) is 15.5. The Kier molecular flexibility index (Phi) is 4.04. The lowest BCUT2D eigenvalue weighted by molar-refractivity contribution is 0.415. The molecule has 0 bridgehead atoms. The Bertz CT molecular complexity index is 575. The SMILES string of the molecule is CC(C)(C)c1cccc(C(C)(C)C)c1Oc1cccnn1. The molecule has 0 N–H and O–H groups in total. The van der Waals surface area contributed by atoms with E-state index in [-0.39, 0.29) is 10.8 Å². The summed E-state index contributed by atoms with van der Waals surface area (Å²) in [7, 11) is 0. The Labute approximate surface area is 127 Å². The highest BCUT2D eigenvalue weighted by atomic mass is 16.5. The van der Waals surface area contributed by atoms with Crippen molar-refractivity contribution in [2.75, 3.05) is 0 Å². The summed E-state index contributed by atoms with van der Waals surface area (Å²) >= 11 is 0. The van der Waals surface area contributed by atoms with Crippen molar-refractivity contribution in [1.29, 1.82) is 0 Å². The number of aromatic nitrogens is 2. The minimum atomic E-state index is -0.00119. The average molecular weight is 284 g/mol. The molecule has 0 saturated carbocycles. The van der Waals surface area contributed by atoms with E-state index < -0.39 is 0 Å². The third-order valence-corrected chi connectivity index (χ3v) is 3.39. The van der Waals surface area contributed by atoms with E-state index in [1.165, 1.54) is 11.1 Å². The van der Waals surface area contributed by atoms with Gasteiger partial charge in [0.25, 0.3) is 0 Å². The summed E-state index contributed by atoms with van der Waals surface area (Å²) in [5.41, 5.74) is 2.36. The van der Waals surface area contributed by atoms with Crippen molar-refractivity contribution in [3.63, 3.8) is 0 Å². The van der Waals surface area contributed by atoms with Crippen molar-refractivity contribution >= 4 is 0 Å². The molecule has 2 aromatic rings. The lowest BCUT2D eigenvalue weighted by Gasteiger charge is -2.29. The van der Waals surface area contributed by atoms with Crippen molar-refractivity contribution < 1.29 is 4.74 Å². The molecule has 0 atom stereocenters. The van der Waals surface area contributed by atoms with E-state index in [1.54, 1.807) is 6.20 Å². The van der Waals surface area contributed by atoms with E-state index in [9.17, 15) is 0 Å². The molecule has 0 aliphatic carbocycles. The van der Waals surface area contributed by atoms with Gasteiger partial charge in [-0.1, -0.05) is 59.7 Å². The van der Waals surface area contributed by atoms with Crippen molar-refractivity contribution in [2.45, 2.75) is 52.4 Å². The van der Waals surface area contributed by atoms with Gasteiger partial charge in [0.15, 0.2) is 0 Å². The number of nitrogens with zero attached hydrogens (tertiary/aromatic N) is 2. The fourth-order valence-electron chi connectivity index (χ4n) is 2.27. The fraction of sp³-hybridized carbons (Fsp3) is 0.444. The highest BCUT2D eigenvalue weighted by Gasteiger charge is 2.27. The summed E-state index contributed by atoms with van der Waals surface area (Å²) in [6.07, 6.45) is 1.65. The van der Waals surface area contributed by atoms with Gasteiger partial charge in [0.1, 0.15) is 5.75 Å². The highest BCUT2D eigenvalue weighted by Crippen LogP contribution is 2.41. The molecule has 0 aliphatic heterocycles. The monoisotopic (exact) mass is 284 g/mol. The van der Waals surface area contributed by atoms with E-state index in [2.05, 4.69) is 69.9 Å². The predicted octanol–water partition coefficient (Wildman–Crippen LogP) is 4.86. The standard InChI is InChI=1S/C18H24N2O/c1-17(2,3)13-9-7-10-14(18(4,5)6)16(13)21-15-11-8-12-19-20-15/h7-12H,1-6H3. The molecular formula is C18H24N2O. The van der Waals surface area contributed by atoms with Crippen molar-refractivity contribution in [2.24, 2.45) is 0 Å². The molecule has 0 radical (unpaired) electrons. The Balaban J connectivity index is 2.59. The molecule has 21 heavy (non-hydrogen) atoms. The molecule has 0 fully saturated rings. The van der Waals surface area contributed by atoms with Crippen LogP contribution >= 0.6 is 0 Å². The smallest absolute Gasteiger partial charge is 0.238 e. The van der Waals surface area contributed by atoms with Crippen LogP contribution in [0.5, 0.6) is 11.6 Å². The maximum absolute atomic E-state index is 6.12. The van der Waals surface area contributed by atoms with Crippen LogP contribution in [-0.2, 0) is 10.8 Å². The van der Waals surface area contributed by atoms with Gasteiger partial charge in [-0.25, -0.2) is 0 Å². The first-order valence-electron chi connectivity index (χ1n) is 7.29. The van der Waals surface area contributed by atoms with Crippen molar-refractivity contribution in [3.05, 3.63) is 47.7 Å². The first-order chi connectivity index (χ1) is 9.69. The summed E-state index contributed by atoms with van der Waals surface area (Å²) in [6, 6.07) is 10.0. The molecule has 0 saturated heterocycles. The minimum absolute atomic E-state index is 0.00119. The van der Waals surface area contributed by atoms with Crippen molar-refractivity contribution in [1.82, 2.24) is 10.2 Å². The summed E-state index contributed by atoms with van der Waals surface area (Å²) in [4.78, 5) is 0. The van der Waals surface area contributed by atoms with Crippen LogP contribution in [0.1, 0.15) is 52.7 Å². The van der Waals surface area contributed by atoms with E-state index in [0.717, 1.165) is 5.75 Å². The second-order valence-electron chi connectivity index (χ2n) is 7.35. The molecule has 0 unspecified atom stereocenters. The zero-order chi connectivity index (χ0) is 15.7. The van der Waals surface area contributed by atoms with Crippen LogP contribution in [0.15, 0.2) is 36.5 Å². The van der Waals surface area contributed by atoms with Crippen LogP contribution in [0.4, 0.5) is 0 Å². The molecule has 3 nitrogen and oxygen atoms in total. The third-order valence-electron chi connectivity index (χ3n) is 3.39. The largest absolute Gasteiger partial charge is 0.437 e. The quantitative estimate of drug-likeness (QED) is 0.789. The van der Waals surface area contributed by atoms with E-state index in [0.29, 0.717) is 5.88 Å². The maximum atomic E-state index is 6.12. The second kappa shape index (κ2) is 5.47. The van der Waals surface area contributed by atoms with Crippen LogP contribution in [-0.4, -0.2) is 10.2 Å². The summed E-state index contributed by atoms with van der Waals surface area (Å²) < 4.78 is 6.12. The molecular weight excluding hydrogens is 260 g/mol. The lowest BCUT2D eigenvalue weighted by atomic mass is 9.79. The van der Waals surface area contributed by atoms with Gasteiger partial charge in [0, 0.05) is 23.4 Å². The van der Waals surface area contributed by atoms with E-state index in [1.807, 2.05) is 12.1 Å². The Morgan fingerprint density at radius 3 is 1.81 bits per heavy atom. The molecule has 1 heterocycles. The van der Waals surface area contributed by atoms with Crippen LogP contribution in [0.3, 0.4) is 0 Å². The molecule has 0 spiro atoms. The fourth-order valence-corrected chi connectivity index (χ4v) is 2.27. The first-order valence-corrected chi connectivity index (χ1v) is 7.29. The summed E-state index contributed by atoms with van der Waals surface area (Å²) in [6.45, 7) is 13.2. The zero-order valence-corrected chi connectivity index (χ0v) is 13.8. The van der Waals surface area contributed by atoms with Gasteiger partial charge in [-0.2, -0.15) is 5.10 Å². The van der Waals surface area contributed by atoms with Crippen LogP contribution in [0.2, 0.25) is 0 Å². The third kappa shape index (κ3) is 3.60. The number of hydrogen-bond donors (Lipinski definition) is 0. The van der Waals surface area contributed by atoms with Gasteiger partial charge in [-0.15, -0.1) is 5.10 Å². The van der Waals surface area contributed by atoms with Gasteiger partial charge < -0.3 is 4.74 Å². The van der Waals surface area contributed by atoms with Gasteiger partial charge in [0.2, 0.25) is 5.88 Å². The van der Waals surface area contributed by atoms with Crippen LogP contribution < -0.4 is 4.74 Å². The number of para-hydroxylation sites is 1. The molecule has 0 amide bonds. The van der Waals surface area contributed by atoms with Gasteiger partial charge in [0.05, 0.1) is 0 Å². The summed E-state index contributed by atoms with van der Waals surface area (Å²) in [5.74, 6) is 1.43. The van der Waals surface area contributed by atoms with E-state index >= 15 is 0 Å². The van der Waals surface area contributed by atoms with Gasteiger partial charge in [-0.05, 0) is 16.9 Å². The Morgan fingerprint density at radius 1 is 0.810 bits per heavy atom. The number of rotatable bonds is 2. The number of hydrogen-bond acceptors (Lipinski definition) is 3. The number of ether oxygens (including phenoxy) is 1. The number of benzene rings is 1. The normalized spacial score (nSPS) is 12.3. The molecule has 1 aromatic heterocycles. The van der Waals surface area contributed by atoms with Crippen LogP contribution in [0.25, 0.3) is 0 Å². The molecule has 1 aromatic carbocycles.